The first-order chi connectivity index (χ1) is 9.00. The molecule has 1 aromatic carbocycles. The number of benzene rings is 1. The Morgan fingerprint density at radius 1 is 1.21 bits per heavy atom. The van der Waals surface area contributed by atoms with Crippen LogP contribution in [-0.2, 0) is 26.8 Å². The Morgan fingerprint density at radius 3 is 2.47 bits per heavy atom. The summed E-state index contributed by atoms with van der Waals surface area (Å²) in [6.07, 6.45) is 0.0660. The second-order valence-electron chi connectivity index (χ2n) is 4.21. The van der Waals surface area contributed by atoms with Crippen molar-refractivity contribution in [3.63, 3.8) is 0 Å². The van der Waals surface area contributed by atoms with Crippen molar-refractivity contribution < 1.29 is 13.6 Å². The van der Waals surface area contributed by atoms with E-state index >= 15 is 0 Å². The molecule has 0 saturated heterocycles. The molecule has 1 aromatic heterocycles. The highest BCUT2D eigenvalue weighted by Crippen LogP contribution is 2.49. The van der Waals surface area contributed by atoms with Crippen LogP contribution in [-0.4, -0.2) is 18.8 Å². The standard InChI is InChI=1S/C13H16NO4P/c1-14-10(9-19(16,17-2)18-3)8-13(15)11-6-4-5-7-12(11)14/h4-8H,9H2,1-3H3. The summed E-state index contributed by atoms with van der Waals surface area (Å²) in [6.45, 7) is 0. The maximum atomic E-state index is 12.2. The average molecular weight is 281 g/mol. The largest absolute Gasteiger partial charge is 0.347 e. The zero-order chi connectivity index (χ0) is 14.0. The van der Waals surface area contributed by atoms with Crippen LogP contribution in [0.1, 0.15) is 5.69 Å². The van der Waals surface area contributed by atoms with Gasteiger partial charge in [-0.3, -0.25) is 9.36 Å². The summed E-state index contributed by atoms with van der Waals surface area (Å²) < 4.78 is 23.8. The van der Waals surface area contributed by atoms with Gasteiger partial charge in [0.15, 0.2) is 5.43 Å². The van der Waals surface area contributed by atoms with E-state index in [2.05, 4.69) is 0 Å². The van der Waals surface area contributed by atoms with Crippen LogP contribution in [0.15, 0.2) is 35.1 Å². The molecule has 0 aliphatic rings. The van der Waals surface area contributed by atoms with Gasteiger partial charge in [-0.25, -0.2) is 0 Å². The van der Waals surface area contributed by atoms with Crippen molar-refractivity contribution >= 4 is 18.5 Å². The van der Waals surface area contributed by atoms with E-state index in [9.17, 15) is 9.36 Å². The predicted octanol–water partition coefficient (Wildman–Crippen LogP) is 2.52. The first-order valence-electron chi connectivity index (χ1n) is 5.79. The fourth-order valence-electron chi connectivity index (χ4n) is 2.01. The summed E-state index contributed by atoms with van der Waals surface area (Å²) in [6, 6.07) is 8.78. The van der Waals surface area contributed by atoms with Crippen LogP contribution >= 0.6 is 7.60 Å². The van der Waals surface area contributed by atoms with Crippen molar-refractivity contribution in [3.8, 4) is 0 Å². The second-order valence-corrected chi connectivity index (χ2v) is 6.48. The molecule has 2 aromatic rings. The monoisotopic (exact) mass is 281 g/mol. The zero-order valence-corrected chi connectivity index (χ0v) is 12.0. The molecule has 0 fully saturated rings. The van der Waals surface area contributed by atoms with Crippen LogP contribution in [0.2, 0.25) is 0 Å². The lowest BCUT2D eigenvalue weighted by Crippen LogP contribution is -2.12. The molecule has 0 atom stereocenters. The summed E-state index contributed by atoms with van der Waals surface area (Å²) in [5.41, 5.74) is 1.32. The van der Waals surface area contributed by atoms with E-state index in [1.54, 1.807) is 6.07 Å². The molecule has 5 nitrogen and oxygen atoms in total. The third-order valence-electron chi connectivity index (χ3n) is 3.17. The molecule has 0 amide bonds. The molecule has 0 saturated carbocycles. The highest BCUT2D eigenvalue weighted by atomic mass is 31.2. The van der Waals surface area contributed by atoms with Gasteiger partial charge < -0.3 is 13.6 Å². The SMILES string of the molecule is COP(=O)(Cc1cc(=O)c2ccccc2n1C)OC. The van der Waals surface area contributed by atoms with Gasteiger partial charge in [-0.05, 0) is 12.1 Å². The zero-order valence-electron chi connectivity index (χ0n) is 11.1. The van der Waals surface area contributed by atoms with E-state index in [1.807, 2.05) is 29.8 Å². The average Bonchev–Trinajstić information content (AvgIpc) is 2.44. The summed E-state index contributed by atoms with van der Waals surface area (Å²) in [7, 11) is 1.31. The Balaban J connectivity index is 2.60. The third kappa shape index (κ3) is 2.63. The smallest absolute Gasteiger partial charge is 0.336 e. The van der Waals surface area contributed by atoms with Crippen LogP contribution in [0.3, 0.4) is 0 Å². The molecule has 0 aliphatic carbocycles. The second kappa shape index (κ2) is 5.29. The molecule has 0 unspecified atom stereocenters. The molecule has 0 radical (unpaired) electrons. The van der Waals surface area contributed by atoms with Gasteiger partial charge in [0.25, 0.3) is 0 Å². The fourth-order valence-corrected chi connectivity index (χ4v) is 3.12. The van der Waals surface area contributed by atoms with Crippen molar-refractivity contribution in [2.24, 2.45) is 7.05 Å². The van der Waals surface area contributed by atoms with Crippen molar-refractivity contribution in [3.05, 3.63) is 46.2 Å². The maximum absolute atomic E-state index is 12.2. The van der Waals surface area contributed by atoms with Gasteiger partial charge in [0.1, 0.15) is 0 Å². The molecule has 1 heterocycles. The minimum Gasteiger partial charge on any atom is -0.347 e. The Bertz CT molecular complexity index is 699. The predicted molar refractivity (Wildman–Crippen MR) is 74.5 cm³/mol. The van der Waals surface area contributed by atoms with E-state index < -0.39 is 7.60 Å². The lowest BCUT2D eigenvalue weighted by molar-refractivity contribution is 0.274. The number of aryl methyl sites for hydroxylation is 1. The first kappa shape index (κ1) is 14.0. The van der Waals surface area contributed by atoms with E-state index in [0.717, 1.165) is 5.52 Å². The fraction of sp³-hybridized carbons (Fsp3) is 0.308. The van der Waals surface area contributed by atoms with Crippen LogP contribution in [0.25, 0.3) is 10.9 Å². The van der Waals surface area contributed by atoms with Crippen LogP contribution in [0.5, 0.6) is 0 Å². The first-order valence-corrected chi connectivity index (χ1v) is 7.52. The Hall–Kier alpha value is -1.42. The lowest BCUT2D eigenvalue weighted by atomic mass is 10.2. The molecular formula is C13H16NO4P. The Kier molecular flexibility index (Phi) is 3.90. The van der Waals surface area contributed by atoms with Gasteiger partial charge in [0, 0.05) is 38.4 Å². The number of nitrogens with zero attached hydrogens (tertiary/aromatic N) is 1. The van der Waals surface area contributed by atoms with E-state index in [-0.39, 0.29) is 11.6 Å². The quantitative estimate of drug-likeness (QED) is 0.808. The summed E-state index contributed by atoms with van der Waals surface area (Å²) >= 11 is 0. The lowest BCUT2D eigenvalue weighted by Gasteiger charge is -2.17. The Labute approximate surface area is 111 Å². The minimum absolute atomic E-state index is 0.0660. The van der Waals surface area contributed by atoms with Crippen molar-refractivity contribution in [1.29, 1.82) is 0 Å². The molecule has 0 N–H and O–H groups in total. The van der Waals surface area contributed by atoms with Crippen molar-refractivity contribution in [2.45, 2.75) is 6.16 Å². The van der Waals surface area contributed by atoms with Gasteiger partial charge in [-0.15, -0.1) is 0 Å². The molecule has 6 heteroatoms. The van der Waals surface area contributed by atoms with Gasteiger partial charge in [-0.1, -0.05) is 12.1 Å². The highest BCUT2D eigenvalue weighted by molar-refractivity contribution is 7.52. The van der Waals surface area contributed by atoms with Gasteiger partial charge >= 0.3 is 7.60 Å². The molecule has 2 rings (SSSR count). The molecular weight excluding hydrogens is 265 g/mol. The van der Waals surface area contributed by atoms with Crippen LogP contribution in [0, 0.1) is 0 Å². The van der Waals surface area contributed by atoms with E-state index in [4.69, 9.17) is 9.05 Å². The van der Waals surface area contributed by atoms with E-state index in [0.29, 0.717) is 11.1 Å². The van der Waals surface area contributed by atoms with Crippen LogP contribution in [0.4, 0.5) is 0 Å². The molecule has 102 valence electrons. The number of hydrogen-bond donors (Lipinski definition) is 0. The molecule has 19 heavy (non-hydrogen) atoms. The number of aromatic nitrogens is 1. The molecule has 0 aliphatic heterocycles. The number of pyridine rings is 1. The third-order valence-corrected chi connectivity index (χ3v) is 5.00. The number of hydrogen-bond acceptors (Lipinski definition) is 4. The van der Waals surface area contributed by atoms with Gasteiger partial charge in [-0.2, -0.15) is 0 Å². The van der Waals surface area contributed by atoms with Crippen molar-refractivity contribution in [2.75, 3.05) is 14.2 Å². The summed E-state index contributed by atoms with van der Waals surface area (Å²) in [5, 5.41) is 0.637. The number of para-hydroxylation sites is 1. The summed E-state index contributed by atoms with van der Waals surface area (Å²) in [4.78, 5) is 12.0. The molecule has 0 spiro atoms. The topological polar surface area (TPSA) is 57.5 Å². The normalized spacial score (nSPS) is 11.9. The maximum Gasteiger partial charge on any atom is 0.336 e. The van der Waals surface area contributed by atoms with Gasteiger partial charge in [0.05, 0.1) is 11.7 Å². The van der Waals surface area contributed by atoms with Crippen LogP contribution < -0.4 is 5.43 Å². The summed E-state index contributed by atoms with van der Waals surface area (Å²) in [5.74, 6) is 0. The van der Waals surface area contributed by atoms with E-state index in [1.165, 1.54) is 20.3 Å². The van der Waals surface area contributed by atoms with Gasteiger partial charge in [0.2, 0.25) is 0 Å². The number of fused-ring (bicyclic) bond motifs is 1. The number of rotatable bonds is 4. The van der Waals surface area contributed by atoms with Crippen molar-refractivity contribution in [1.82, 2.24) is 4.57 Å². The highest BCUT2D eigenvalue weighted by Gasteiger charge is 2.23. The molecule has 0 bridgehead atoms. The Morgan fingerprint density at radius 2 is 1.84 bits per heavy atom. The minimum atomic E-state index is -3.19.